The zero-order chi connectivity index (χ0) is 13.7. The van der Waals surface area contributed by atoms with Crippen LogP contribution in [0.4, 0.5) is 0 Å². The van der Waals surface area contributed by atoms with Gasteiger partial charge in [-0.1, -0.05) is 12.1 Å². The Hall–Kier alpha value is -1.55. The second kappa shape index (κ2) is 6.40. The molecule has 0 aromatic heterocycles. The van der Waals surface area contributed by atoms with Gasteiger partial charge < -0.3 is 15.8 Å². The van der Waals surface area contributed by atoms with E-state index in [1.54, 1.807) is 6.92 Å². The fourth-order valence-electron chi connectivity index (χ4n) is 1.56. The van der Waals surface area contributed by atoms with E-state index >= 15 is 0 Å². The zero-order valence-corrected chi connectivity index (χ0v) is 11.4. The number of amides is 1. The molecule has 1 rings (SSSR count). The Bertz CT molecular complexity index is 403. The van der Waals surface area contributed by atoms with Crippen molar-refractivity contribution in [3.05, 3.63) is 29.8 Å². The summed E-state index contributed by atoms with van der Waals surface area (Å²) in [6, 6.07) is 7.14. The van der Waals surface area contributed by atoms with Crippen molar-refractivity contribution in [3.8, 4) is 5.75 Å². The van der Waals surface area contributed by atoms with Crippen molar-refractivity contribution in [1.82, 2.24) is 5.32 Å². The van der Waals surface area contributed by atoms with Gasteiger partial charge in [-0.15, -0.1) is 0 Å². The van der Waals surface area contributed by atoms with Gasteiger partial charge in [-0.2, -0.15) is 0 Å². The van der Waals surface area contributed by atoms with E-state index in [-0.39, 0.29) is 18.1 Å². The molecule has 0 spiro atoms. The zero-order valence-electron chi connectivity index (χ0n) is 11.4. The molecule has 2 atom stereocenters. The lowest BCUT2D eigenvalue weighted by Crippen LogP contribution is -2.39. The van der Waals surface area contributed by atoms with E-state index in [2.05, 4.69) is 5.32 Å². The van der Waals surface area contributed by atoms with Crippen molar-refractivity contribution >= 4 is 5.91 Å². The molecule has 0 fully saturated rings. The molecule has 4 nitrogen and oxygen atoms in total. The third kappa shape index (κ3) is 4.37. The summed E-state index contributed by atoms with van der Waals surface area (Å²) in [5.41, 5.74) is 6.52. The van der Waals surface area contributed by atoms with Gasteiger partial charge in [-0.05, 0) is 45.4 Å². The maximum Gasteiger partial charge on any atom is 0.237 e. The summed E-state index contributed by atoms with van der Waals surface area (Å²) >= 11 is 0. The van der Waals surface area contributed by atoms with E-state index in [1.807, 2.05) is 45.0 Å². The van der Waals surface area contributed by atoms with Crippen LogP contribution in [0.5, 0.6) is 5.75 Å². The molecule has 0 heterocycles. The first kappa shape index (κ1) is 14.5. The van der Waals surface area contributed by atoms with Gasteiger partial charge in [0.1, 0.15) is 5.75 Å². The first-order chi connectivity index (χ1) is 8.40. The van der Waals surface area contributed by atoms with Crippen molar-refractivity contribution in [2.24, 2.45) is 5.73 Å². The standard InChI is InChI=1S/C14H22N2O2/c1-9(2)18-13-7-5-6-12(8-13)11(4)16-14(17)10(3)15/h5-11H,15H2,1-4H3,(H,16,17)/t10-,11?/m1/s1. The number of hydrogen-bond acceptors (Lipinski definition) is 3. The molecule has 1 amide bonds. The third-order valence-corrected chi connectivity index (χ3v) is 2.50. The predicted octanol–water partition coefficient (Wildman–Crippen LogP) is 2.00. The second-order valence-corrected chi connectivity index (χ2v) is 4.76. The average molecular weight is 250 g/mol. The number of hydrogen-bond donors (Lipinski definition) is 2. The average Bonchev–Trinajstić information content (AvgIpc) is 2.28. The lowest BCUT2D eigenvalue weighted by atomic mass is 10.1. The van der Waals surface area contributed by atoms with Gasteiger partial charge in [0.25, 0.3) is 0 Å². The molecule has 0 saturated heterocycles. The van der Waals surface area contributed by atoms with E-state index in [0.717, 1.165) is 11.3 Å². The maximum absolute atomic E-state index is 11.5. The van der Waals surface area contributed by atoms with Crippen LogP contribution in [0, 0.1) is 0 Å². The van der Waals surface area contributed by atoms with E-state index in [1.165, 1.54) is 0 Å². The van der Waals surface area contributed by atoms with Crippen molar-refractivity contribution in [1.29, 1.82) is 0 Å². The third-order valence-electron chi connectivity index (χ3n) is 2.50. The molecule has 0 bridgehead atoms. The van der Waals surface area contributed by atoms with Crippen molar-refractivity contribution < 1.29 is 9.53 Å². The van der Waals surface area contributed by atoms with Gasteiger partial charge in [0.15, 0.2) is 0 Å². The Labute approximate surface area is 109 Å². The Morgan fingerprint density at radius 2 is 1.94 bits per heavy atom. The molecule has 0 aliphatic rings. The monoisotopic (exact) mass is 250 g/mol. The number of nitrogens with two attached hydrogens (primary N) is 1. The van der Waals surface area contributed by atoms with E-state index in [4.69, 9.17) is 10.5 Å². The molecule has 0 radical (unpaired) electrons. The number of carbonyl (C=O) groups excluding carboxylic acids is 1. The smallest absolute Gasteiger partial charge is 0.237 e. The van der Waals surface area contributed by atoms with Gasteiger partial charge in [0.2, 0.25) is 5.91 Å². The molecule has 1 unspecified atom stereocenters. The van der Waals surface area contributed by atoms with Crippen LogP contribution >= 0.6 is 0 Å². The SMILES string of the molecule is CC(C)Oc1cccc(C(C)NC(=O)[C@@H](C)N)c1. The lowest BCUT2D eigenvalue weighted by Gasteiger charge is -2.17. The quantitative estimate of drug-likeness (QED) is 0.840. The minimum atomic E-state index is -0.498. The molecule has 1 aromatic rings. The first-order valence-corrected chi connectivity index (χ1v) is 6.22. The molecular formula is C14H22N2O2. The Balaban J connectivity index is 2.73. The van der Waals surface area contributed by atoms with Crippen LogP contribution in [0.1, 0.15) is 39.3 Å². The van der Waals surface area contributed by atoms with Crippen molar-refractivity contribution in [2.75, 3.05) is 0 Å². The summed E-state index contributed by atoms with van der Waals surface area (Å²) in [4.78, 5) is 11.5. The molecule has 18 heavy (non-hydrogen) atoms. The Morgan fingerprint density at radius 1 is 1.28 bits per heavy atom. The van der Waals surface area contributed by atoms with Gasteiger partial charge in [0, 0.05) is 0 Å². The fraction of sp³-hybridized carbons (Fsp3) is 0.500. The summed E-state index contributed by atoms with van der Waals surface area (Å²) in [5.74, 6) is 0.655. The fourth-order valence-corrected chi connectivity index (χ4v) is 1.56. The van der Waals surface area contributed by atoms with Crippen LogP contribution < -0.4 is 15.8 Å². The van der Waals surface area contributed by atoms with E-state index < -0.39 is 6.04 Å². The molecule has 4 heteroatoms. The van der Waals surface area contributed by atoms with Crippen LogP contribution in [0.3, 0.4) is 0 Å². The highest BCUT2D eigenvalue weighted by atomic mass is 16.5. The summed E-state index contributed by atoms with van der Waals surface area (Å²) < 4.78 is 5.62. The van der Waals surface area contributed by atoms with E-state index in [9.17, 15) is 4.79 Å². The van der Waals surface area contributed by atoms with Crippen molar-refractivity contribution in [2.45, 2.75) is 45.9 Å². The van der Waals surface area contributed by atoms with Gasteiger partial charge >= 0.3 is 0 Å². The number of carbonyl (C=O) groups is 1. The molecule has 100 valence electrons. The number of rotatable bonds is 5. The largest absolute Gasteiger partial charge is 0.491 e. The highest BCUT2D eigenvalue weighted by Gasteiger charge is 2.13. The molecule has 0 aliphatic carbocycles. The maximum atomic E-state index is 11.5. The first-order valence-electron chi connectivity index (χ1n) is 6.22. The van der Waals surface area contributed by atoms with Gasteiger partial charge in [0.05, 0.1) is 18.2 Å². The molecule has 0 aliphatic heterocycles. The Kier molecular flexibility index (Phi) is 5.16. The normalized spacial score (nSPS) is 14.1. The van der Waals surface area contributed by atoms with Crippen LogP contribution in [0.2, 0.25) is 0 Å². The highest BCUT2D eigenvalue weighted by Crippen LogP contribution is 2.20. The highest BCUT2D eigenvalue weighted by molar-refractivity contribution is 5.81. The summed E-state index contributed by atoms with van der Waals surface area (Å²) in [5, 5.41) is 2.86. The Morgan fingerprint density at radius 3 is 2.50 bits per heavy atom. The summed E-state index contributed by atoms with van der Waals surface area (Å²) in [6.07, 6.45) is 0.134. The minimum absolute atomic E-state index is 0.0841. The number of ether oxygens (including phenoxy) is 1. The topological polar surface area (TPSA) is 64.3 Å². The van der Waals surface area contributed by atoms with Crippen molar-refractivity contribution in [3.63, 3.8) is 0 Å². The molecule has 0 saturated carbocycles. The van der Waals surface area contributed by atoms with E-state index in [0.29, 0.717) is 0 Å². The minimum Gasteiger partial charge on any atom is -0.491 e. The van der Waals surface area contributed by atoms with Crippen LogP contribution in [0.15, 0.2) is 24.3 Å². The predicted molar refractivity (Wildman–Crippen MR) is 72.4 cm³/mol. The lowest BCUT2D eigenvalue weighted by molar-refractivity contribution is -0.122. The number of benzene rings is 1. The summed E-state index contributed by atoms with van der Waals surface area (Å²) in [7, 11) is 0. The number of nitrogens with one attached hydrogen (secondary N) is 1. The van der Waals surface area contributed by atoms with Crippen LogP contribution in [-0.4, -0.2) is 18.1 Å². The molecular weight excluding hydrogens is 228 g/mol. The van der Waals surface area contributed by atoms with Crippen LogP contribution in [-0.2, 0) is 4.79 Å². The molecule has 3 N–H and O–H groups in total. The second-order valence-electron chi connectivity index (χ2n) is 4.76. The molecule has 1 aromatic carbocycles. The van der Waals surface area contributed by atoms with Crippen LogP contribution in [0.25, 0.3) is 0 Å². The van der Waals surface area contributed by atoms with Gasteiger partial charge in [-0.25, -0.2) is 0 Å². The summed E-state index contributed by atoms with van der Waals surface area (Å²) in [6.45, 7) is 7.55. The van der Waals surface area contributed by atoms with Gasteiger partial charge in [-0.3, -0.25) is 4.79 Å².